The number of hydrogen-bond donors (Lipinski definition) is 0. The molecule has 1 aliphatic rings. The van der Waals surface area contributed by atoms with E-state index in [0.717, 1.165) is 0 Å². The molecule has 16 heavy (non-hydrogen) atoms. The van der Waals surface area contributed by atoms with Crippen LogP contribution in [0.2, 0.25) is 0 Å². The van der Waals surface area contributed by atoms with E-state index in [9.17, 15) is 0 Å². The van der Waals surface area contributed by atoms with Crippen molar-refractivity contribution in [1.82, 2.24) is 0 Å². The van der Waals surface area contributed by atoms with E-state index in [1.165, 1.54) is 22.3 Å². The smallest absolute Gasteiger partial charge is 0.0702 e. The summed E-state index contributed by atoms with van der Waals surface area (Å²) < 4.78 is 0.0599. The first-order chi connectivity index (χ1) is 7.62. The fourth-order valence-corrected chi connectivity index (χ4v) is 3.29. The Morgan fingerprint density at radius 2 is 2.00 bits per heavy atom. The molecule has 1 atom stereocenters. The minimum atomic E-state index is 0.0599. The summed E-state index contributed by atoms with van der Waals surface area (Å²) in [6.07, 6.45) is 6.20. The number of fused-ring (bicyclic) bond motifs is 1. The molecule has 1 aromatic rings. The van der Waals surface area contributed by atoms with Crippen LogP contribution >= 0.6 is 22.6 Å². The topological polar surface area (TPSA) is 0 Å². The minimum Gasteiger partial charge on any atom is -0.0991 e. The van der Waals surface area contributed by atoms with E-state index in [1.807, 2.05) is 6.08 Å². The van der Waals surface area contributed by atoms with E-state index in [2.05, 4.69) is 79.4 Å². The van der Waals surface area contributed by atoms with Gasteiger partial charge in [-0.1, -0.05) is 71.7 Å². The molecule has 2 rings (SSSR count). The zero-order valence-corrected chi connectivity index (χ0v) is 11.8. The van der Waals surface area contributed by atoms with Crippen molar-refractivity contribution >= 4 is 28.2 Å². The fourth-order valence-electron chi connectivity index (χ4n) is 2.35. The molecular formula is C15H15I. The summed E-state index contributed by atoms with van der Waals surface area (Å²) in [7, 11) is 0. The van der Waals surface area contributed by atoms with Crippen molar-refractivity contribution in [2.24, 2.45) is 0 Å². The Hall–Kier alpha value is -0.830. The Morgan fingerprint density at radius 1 is 1.31 bits per heavy atom. The Bertz CT molecular complexity index is 490. The lowest BCUT2D eigenvalue weighted by molar-refractivity contribution is 0.917. The first-order valence-corrected chi connectivity index (χ1v) is 6.49. The molecule has 1 unspecified atom stereocenters. The van der Waals surface area contributed by atoms with Gasteiger partial charge < -0.3 is 0 Å². The quantitative estimate of drug-likeness (QED) is 0.511. The molecule has 1 aromatic carbocycles. The van der Waals surface area contributed by atoms with E-state index < -0.39 is 0 Å². The van der Waals surface area contributed by atoms with Crippen LogP contribution in [0.1, 0.15) is 25.0 Å². The maximum absolute atomic E-state index is 3.81. The van der Waals surface area contributed by atoms with Gasteiger partial charge in [0.05, 0.1) is 3.42 Å². The first kappa shape index (κ1) is 11.6. The highest BCUT2D eigenvalue weighted by Gasteiger charge is 2.38. The molecule has 0 radical (unpaired) electrons. The average molecular weight is 322 g/mol. The molecule has 1 aliphatic carbocycles. The Balaban J connectivity index is 2.75. The normalized spacial score (nSPS) is 28.4. The predicted octanol–water partition coefficient (Wildman–Crippen LogP) is 4.87. The van der Waals surface area contributed by atoms with Gasteiger partial charge in [0.1, 0.15) is 0 Å². The van der Waals surface area contributed by atoms with Crippen LogP contribution < -0.4 is 0 Å². The second-order valence-corrected chi connectivity index (χ2v) is 6.22. The van der Waals surface area contributed by atoms with Gasteiger partial charge >= 0.3 is 0 Å². The lowest BCUT2D eigenvalue weighted by Crippen LogP contribution is -2.10. The van der Waals surface area contributed by atoms with Crippen LogP contribution in [0.3, 0.4) is 0 Å². The van der Waals surface area contributed by atoms with Gasteiger partial charge in [-0.25, -0.2) is 0 Å². The van der Waals surface area contributed by atoms with Crippen LogP contribution in [0.4, 0.5) is 0 Å². The molecule has 0 N–H and O–H groups in total. The summed E-state index contributed by atoms with van der Waals surface area (Å²) in [4.78, 5) is 0. The van der Waals surface area contributed by atoms with Crippen molar-refractivity contribution in [1.29, 1.82) is 0 Å². The van der Waals surface area contributed by atoms with E-state index in [4.69, 9.17) is 0 Å². The van der Waals surface area contributed by atoms with Gasteiger partial charge in [0.25, 0.3) is 0 Å². The molecule has 0 aromatic heterocycles. The Kier molecular flexibility index (Phi) is 3.06. The molecule has 82 valence electrons. The second kappa shape index (κ2) is 4.21. The van der Waals surface area contributed by atoms with Crippen LogP contribution in [0, 0.1) is 0 Å². The number of alkyl halides is 1. The molecule has 1 heteroatoms. The van der Waals surface area contributed by atoms with E-state index in [1.54, 1.807) is 0 Å². The average Bonchev–Trinajstić information content (AvgIpc) is 2.49. The van der Waals surface area contributed by atoms with Crippen LogP contribution in [0.15, 0.2) is 54.6 Å². The predicted molar refractivity (Wildman–Crippen MR) is 79.7 cm³/mol. The van der Waals surface area contributed by atoms with Gasteiger partial charge in [0, 0.05) is 0 Å². The van der Waals surface area contributed by atoms with Crippen molar-refractivity contribution in [2.45, 2.75) is 17.3 Å². The molecule has 0 amide bonds. The molecule has 0 saturated carbocycles. The number of halogens is 1. The zero-order chi connectivity index (χ0) is 11.8. The molecule has 0 heterocycles. The van der Waals surface area contributed by atoms with Gasteiger partial charge in [-0.2, -0.15) is 0 Å². The van der Waals surface area contributed by atoms with Crippen LogP contribution in [-0.2, 0) is 3.42 Å². The third-order valence-electron chi connectivity index (χ3n) is 3.09. The standard InChI is InChI=1S/C15H15I/c1-4-8-13-11(5-2)12-9-6-7-10-14(12)15(13,3)16/h4-10H,1H2,2-3H3/b11-5-,13-8?. The third kappa shape index (κ3) is 1.58. The number of hydrogen-bond acceptors (Lipinski definition) is 0. The van der Waals surface area contributed by atoms with Gasteiger partial charge in [0.2, 0.25) is 0 Å². The highest BCUT2D eigenvalue weighted by Crippen LogP contribution is 2.53. The molecule has 0 spiro atoms. The van der Waals surface area contributed by atoms with Crippen LogP contribution in [-0.4, -0.2) is 0 Å². The SMILES string of the molecule is C=CC=C1/C(=C\C)c2ccccc2C1(C)I. The summed E-state index contributed by atoms with van der Waals surface area (Å²) in [6, 6.07) is 8.63. The third-order valence-corrected chi connectivity index (χ3v) is 4.25. The van der Waals surface area contributed by atoms with Crippen molar-refractivity contribution in [3.8, 4) is 0 Å². The summed E-state index contributed by atoms with van der Waals surface area (Å²) in [5.74, 6) is 0. The van der Waals surface area contributed by atoms with E-state index in [0.29, 0.717) is 0 Å². The highest BCUT2D eigenvalue weighted by atomic mass is 127. The van der Waals surface area contributed by atoms with Gasteiger partial charge in [0.15, 0.2) is 0 Å². The van der Waals surface area contributed by atoms with Gasteiger partial charge in [-0.3, -0.25) is 0 Å². The lowest BCUT2D eigenvalue weighted by atomic mass is 9.98. The summed E-state index contributed by atoms with van der Waals surface area (Å²) in [5, 5.41) is 0. The molecule has 0 aliphatic heterocycles. The fraction of sp³-hybridized carbons (Fsp3) is 0.200. The maximum atomic E-state index is 3.81. The minimum absolute atomic E-state index is 0.0599. The van der Waals surface area contributed by atoms with Gasteiger partial charge in [-0.05, 0) is 36.1 Å². The summed E-state index contributed by atoms with van der Waals surface area (Å²) >= 11 is 2.52. The van der Waals surface area contributed by atoms with Crippen LogP contribution in [0.25, 0.3) is 5.57 Å². The number of benzene rings is 1. The van der Waals surface area contributed by atoms with Gasteiger partial charge in [-0.15, -0.1) is 0 Å². The van der Waals surface area contributed by atoms with E-state index >= 15 is 0 Å². The zero-order valence-electron chi connectivity index (χ0n) is 9.63. The highest BCUT2D eigenvalue weighted by molar-refractivity contribution is 14.1. The monoisotopic (exact) mass is 322 g/mol. The van der Waals surface area contributed by atoms with E-state index in [-0.39, 0.29) is 3.42 Å². The largest absolute Gasteiger partial charge is 0.0991 e. The molecule has 0 saturated heterocycles. The Labute approximate surface area is 111 Å². The van der Waals surface area contributed by atoms with Crippen molar-refractivity contribution in [3.63, 3.8) is 0 Å². The van der Waals surface area contributed by atoms with Crippen molar-refractivity contribution in [2.75, 3.05) is 0 Å². The summed E-state index contributed by atoms with van der Waals surface area (Å²) in [6.45, 7) is 8.17. The molecule has 0 fully saturated rings. The second-order valence-electron chi connectivity index (χ2n) is 4.07. The van der Waals surface area contributed by atoms with Crippen molar-refractivity contribution in [3.05, 3.63) is 65.8 Å². The Morgan fingerprint density at radius 3 is 2.62 bits per heavy atom. The number of rotatable bonds is 1. The lowest BCUT2D eigenvalue weighted by Gasteiger charge is -2.19. The number of allylic oxidation sites excluding steroid dienone is 5. The molecular weight excluding hydrogens is 307 g/mol. The van der Waals surface area contributed by atoms with Crippen LogP contribution in [0.5, 0.6) is 0 Å². The summed E-state index contributed by atoms with van der Waals surface area (Å²) in [5.41, 5.74) is 5.45. The molecule has 0 bridgehead atoms. The maximum Gasteiger partial charge on any atom is 0.0702 e. The van der Waals surface area contributed by atoms with Crippen molar-refractivity contribution < 1.29 is 0 Å². The first-order valence-electron chi connectivity index (χ1n) is 5.41. The molecule has 0 nitrogen and oxygen atoms in total.